The van der Waals surface area contributed by atoms with Crippen molar-refractivity contribution in [3.05, 3.63) is 0 Å². The Bertz CT molecular complexity index is 236. The number of amides is 1. The molecule has 94 valence electrons. The molecule has 0 atom stereocenters. The van der Waals surface area contributed by atoms with Gasteiger partial charge in [-0.15, -0.1) is 0 Å². The molecule has 1 N–H and O–H groups in total. The van der Waals surface area contributed by atoms with E-state index in [9.17, 15) is 4.79 Å². The fourth-order valence-electron chi connectivity index (χ4n) is 2.02. The van der Waals surface area contributed by atoms with Gasteiger partial charge >= 0.3 is 0 Å². The minimum absolute atomic E-state index is 0.329. The number of carbonyl (C=O) groups excluding carboxylic acids is 1. The molecule has 1 saturated heterocycles. The van der Waals surface area contributed by atoms with E-state index in [2.05, 4.69) is 33.0 Å². The lowest BCUT2D eigenvalue weighted by Crippen LogP contribution is -2.38. The van der Waals surface area contributed by atoms with E-state index < -0.39 is 0 Å². The molecule has 0 saturated carbocycles. The van der Waals surface area contributed by atoms with Crippen LogP contribution in [0.25, 0.3) is 0 Å². The SMILES string of the molecule is CC(C)NCCN1CCC(C)(C)CCC1=O. The molecule has 0 radical (unpaired) electrons. The number of hydrogen-bond acceptors (Lipinski definition) is 2. The molecule has 0 aromatic heterocycles. The summed E-state index contributed by atoms with van der Waals surface area (Å²) in [5.41, 5.74) is 0.329. The number of nitrogens with zero attached hydrogens (tertiary/aromatic N) is 1. The van der Waals surface area contributed by atoms with Crippen LogP contribution in [0.4, 0.5) is 0 Å². The van der Waals surface area contributed by atoms with Crippen molar-refractivity contribution in [3.8, 4) is 0 Å². The van der Waals surface area contributed by atoms with Crippen molar-refractivity contribution in [2.45, 2.75) is 53.0 Å². The lowest BCUT2D eigenvalue weighted by atomic mass is 9.85. The molecule has 1 heterocycles. The summed E-state index contributed by atoms with van der Waals surface area (Å²) >= 11 is 0. The van der Waals surface area contributed by atoms with Gasteiger partial charge in [0.25, 0.3) is 0 Å². The molecule has 0 bridgehead atoms. The normalized spacial score (nSPS) is 21.3. The third kappa shape index (κ3) is 4.52. The molecule has 3 heteroatoms. The highest BCUT2D eigenvalue weighted by Crippen LogP contribution is 2.29. The van der Waals surface area contributed by atoms with Crippen LogP contribution in [0.2, 0.25) is 0 Å². The Labute approximate surface area is 99.6 Å². The molecule has 3 nitrogen and oxygen atoms in total. The predicted molar refractivity (Wildman–Crippen MR) is 67.4 cm³/mol. The van der Waals surface area contributed by atoms with Gasteiger partial charge in [-0.05, 0) is 18.3 Å². The first-order valence-electron chi connectivity index (χ1n) is 6.42. The van der Waals surface area contributed by atoms with Crippen LogP contribution in [0.1, 0.15) is 47.0 Å². The summed E-state index contributed by atoms with van der Waals surface area (Å²) in [7, 11) is 0. The van der Waals surface area contributed by atoms with Crippen LogP contribution in [-0.2, 0) is 4.79 Å². The molecule has 0 aromatic rings. The minimum Gasteiger partial charge on any atom is -0.341 e. The second-order valence-corrected chi connectivity index (χ2v) is 5.90. The van der Waals surface area contributed by atoms with Gasteiger partial charge in [-0.1, -0.05) is 27.7 Å². The summed E-state index contributed by atoms with van der Waals surface area (Å²) in [6.45, 7) is 11.5. The van der Waals surface area contributed by atoms with E-state index in [-0.39, 0.29) is 0 Å². The first kappa shape index (κ1) is 13.5. The van der Waals surface area contributed by atoms with Crippen molar-refractivity contribution in [2.75, 3.05) is 19.6 Å². The second kappa shape index (κ2) is 5.67. The molecule has 1 amide bonds. The maximum atomic E-state index is 11.9. The van der Waals surface area contributed by atoms with Crippen LogP contribution < -0.4 is 5.32 Å². The Morgan fingerprint density at radius 2 is 2.06 bits per heavy atom. The van der Waals surface area contributed by atoms with Gasteiger partial charge in [0.2, 0.25) is 5.91 Å². The monoisotopic (exact) mass is 226 g/mol. The van der Waals surface area contributed by atoms with E-state index in [1.165, 1.54) is 0 Å². The molecule has 1 fully saturated rings. The lowest BCUT2D eigenvalue weighted by molar-refractivity contribution is -0.130. The van der Waals surface area contributed by atoms with Crippen molar-refractivity contribution in [3.63, 3.8) is 0 Å². The van der Waals surface area contributed by atoms with Crippen LogP contribution in [0, 0.1) is 5.41 Å². The third-order valence-corrected chi connectivity index (χ3v) is 3.36. The molecule has 1 rings (SSSR count). The molecule has 0 aromatic carbocycles. The number of hydrogen-bond donors (Lipinski definition) is 1. The number of nitrogens with one attached hydrogen (secondary N) is 1. The molecule has 0 aliphatic carbocycles. The number of rotatable bonds is 4. The maximum absolute atomic E-state index is 11.9. The Hall–Kier alpha value is -0.570. The summed E-state index contributed by atoms with van der Waals surface area (Å²) in [4.78, 5) is 13.9. The van der Waals surface area contributed by atoms with E-state index in [4.69, 9.17) is 0 Å². The predicted octanol–water partition coefficient (Wildman–Crippen LogP) is 2.02. The van der Waals surface area contributed by atoms with Gasteiger partial charge in [-0.3, -0.25) is 4.79 Å². The largest absolute Gasteiger partial charge is 0.341 e. The summed E-state index contributed by atoms with van der Waals surface area (Å²) in [5, 5.41) is 3.36. The van der Waals surface area contributed by atoms with Crippen LogP contribution in [-0.4, -0.2) is 36.5 Å². The first-order chi connectivity index (χ1) is 7.41. The highest BCUT2D eigenvalue weighted by atomic mass is 16.2. The highest BCUT2D eigenvalue weighted by Gasteiger charge is 2.26. The van der Waals surface area contributed by atoms with Crippen molar-refractivity contribution < 1.29 is 4.79 Å². The van der Waals surface area contributed by atoms with Crippen molar-refractivity contribution in [1.82, 2.24) is 10.2 Å². The molecule has 16 heavy (non-hydrogen) atoms. The van der Waals surface area contributed by atoms with Gasteiger partial charge in [-0.25, -0.2) is 0 Å². The molecule has 0 spiro atoms. The second-order valence-electron chi connectivity index (χ2n) is 5.90. The summed E-state index contributed by atoms with van der Waals surface area (Å²) in [6.07, 6.45) is 2.87. The van der Waals surface area contributed by atoms with Crippen molar-refractivity contribution in [2.24, 2.45) is 5.41 Å². The average Bonchev–Trinajstić information content (AvgIpc) is 2.30. The van der Waals surface area contributed by atoms with Crippen molar-refractivity contribution in [1.29, 1.82) is 0 Å². The number of carbonyl (C=O) groups is 1. The van der Waals surface area contributed by atoms with Crippen LogP contribution >= 0.6 is 0 Å². The summed E-state index contributed by atoms with van der Waals surface area (Å²) in [6, 6.07) is 0.499. The fourth-order valence-corrected chi connectivity index (χ4v) is 2.02. The Balaban J connectivity index is 2.38. The standard InChI is InChI=1S/C13H26N2O/c1-11(2)14-8-10-15-9-7-13(3,4)6-5-12(15)16/h11,14H,5-10H2,1-4H3. The summed E-state index contributed by atoms with van der Waals surface area (Å²) in [5.74, 6) is 0.330. The molecule has 1 aliphatic rings. The Kier molecular flexibility index (Phi) is 4.78. The minimum atomic E-state index is 0.329. The van der Waals surface area contributed by atoms with E-state index in [0.29, 0.717) is 23.8 Å². The van der Waals surface area contributed by atoms with Gasteiger partial charge in [0.15, 0.2) is 0 Å². The van der Waals surface area contributed by atoms with E-state index in [0.717, 1.165) is 32.5 Å². The molecule has 1 aliphatic heterocycles. The van der Waals surface area contributed by atoms with Crippen molar-refractivity contribution >= 4 is 5.91 Å². The van der Waals surface area contributed by atoms with Crippen LogP contribution in [0.3, 0.4) is 0 Å². The van der Waals surface area contributed by atoms with Crippen LogP contribution in [0.15, 0.2) is 0 Å². The molecule has 0 unspecified atom stereocenters. The van der Waals surface area contributed by atoms with E-state index in [1.54, 1.807) is 0 Å². The Morgan fingerprint density at radius 3 is 2.69 bits per heavy atom. The Morgan fingerprint density at radius 1 is 1.38 bits per heavy atom. The zero-order valence-corrected chi connectivity index (χ0v) is 11.2. The number of likely N-dealkylation sites (tertiary alicyclic amines) is 1. The van der Waals surface area contributed by atoms with Gasteiger partial charge < -0.3 is 10.2 Å². The first-order valence-corrected chi connectivity index (χ1v) is 6.42. The quantitative estimate of drug-likeness (QED) is 0.795. The van der Waals surface area contributed by atoms with Gasteiger partial charge in [-0.2, -0.15) is 0 Å². The molecular formula is C13H26N2O. The fraction of sp³-hybridized carbons (Fsp3) is 0.923. The average molecular weight is 226 g/mol. The van der Waals surface area contributed by atoms with Crippen LogP contribution in [0.5, 0.6) is 0 Å². The summed E-state index contributed by atoms with van der Waals surface area (Å²) < 4.78 is 0. The van der Waals surface area contributed by atoms with E-state index >= 15 is 0 Å². The highest BCUT2D eigenvalue weighted by molar-refractivity contribution is 5.76. The van der Waals surface area contributed by atoms with Gasteiger partial charge in [0, 0.05) is 32.1 Å². The lowest BCUT2D eigenvalue weighted by Gasteiger charge is -2.23. The zero-order valence-electron chi connectivity index (χ0n) is 11.2. The van der Waals surface area contributed by atoms with Gasteiger partial charge in [0.05, 0.1) is 0 Å². The van der Waals surface area contributed by atoms with E-state index in [1.807, 2.05) is 4.90 Å². The third-order valence-electron chi connectivity index (χ3n) is 3.36. The maximum Gasteiger partial charge on any atom is 0.222 e. The van der Waals surface area contributed by atoms with Gasteiger partial charge in [0.1, 0.15) is 0 Å². The smallest absolute Gasteiger partial charge is 0.222 e. The topological polar surface area (TPSA) is 32.3 Å². The zero-order chi connectivity index (χ0) is 12.2. The molecular weight excluding hydrogens is 200 g/mol.